The van der Waals surface area contributed by atoms with Crippen molar-refractivity contribution >= 4 is 11.9 Å². The summed E-state index contributed by atoms with van der Waals surface area (Å²) in [4.78, 5) is 24.5. The van der Waals surface area contributed by atoms with Gasteiger partial charge >= 0.3 is 5.97 Å². The van der Waals surface area contributed by atoms with Crippen LogP contribution < -0.4 is 5.32 Å². The molecule has 0 heterocycles. The molecule has 0 aliphatic heterocycles. The van der Waals surface area contributed by atoms with E-state index in [1.807, 2.05) is 6.08 Å². The Morgan fingerprint density at radius 1 is 0.406 bits per heavy atom. The Morgan fingerprint density at radius 2 is 0.725 bits per heavy atom. The minimum atomic E-state index is -0.848. The first-order chi connectivity index (χ1) is 34.0. The number of hydrogen-bond acceptors (Lipinski definition) is 5. The third kappa shape index (κ3) is 55.2. The first kappa shape index (κ1) is 67.1. The monoisotopic (exact) mass is 970 g/mol. The summed E-state index contributed by atoms with van der Waals surface area (Å²) < 4.78 is 5.42. The summed E-state index contributed by atoms with van der Waals surface area (Å²) in [5.41, 5.74) is 0. The number of amides is 1. The Bertz CT molecular complexity index is 1120. The number of ether oxygens (including phenoxy) is 1. The number of hydrogen-bond donors (Lipinski definition) is 3. The molecular weight excluding hydrogens is 851 g/mol. The summed E-state index contributed by atoms with van der Waals surface area (Å²) >= 11 is 0. The SMILES string of the molecule is CCCCCCCCCCCCCCCC/C=C/C(O)C(CO)NC(=O)CCCCCCCCCCCCCCCC/C=C\C/C=C\CCOC(=O)CCCCCCCCCCCCCCCCC. The lowest BCUT2D eigenvalue weighted by atomic mass is 10.0. The molecule has 0 fully saturated rings. The summed E-state index contributed by atoms with van der Waals surface area (Å²) in [7, 11) is 0. The maximum absolute atomic E-state index is 12.5. The topological polar surface area (TPSA) is 95.9 Å². The molecule has 1 amide bonds. The summed E-state index contributed by atoms with van der Waals surface area (Å²) in [5, 5.41) is 23.1. The lowest BCUT2D eigenvalue weighted by molar-refractivity contribution is -0.143. The maximum Gasteiger partial charge on any atom is 0.305 e. The molecule has 0 aromatic rings. The lowest BCUT2D eigenvalue weighted by Crippen LogP contribution is -2.45. The van der Waals surface area contributed by atoms with Crippen molar-refractivity contribution in [2.45, 2.75) is 341 Å². The number of rotatable bonds is 57. The molecule has 6 nitrogen and oxygen atoms in total. The van der Waals surface area contributed by atoms with E-state index in [-0.39, 0.29) is 18.5 Å². The van der Waals surface area contributed by atoms with Crippen molar-refractivity contribution in [2.24, 2.45) is 0 Å². The van der Waals surface area contributed by atoms with Crippen molar-refractivity contribution < 1.29 is 24.5 Å². The smallest absolute Gasteiger partial charge is 0.305 e. The van der Waals surface area contributed by atoms with Gasteiger partial charge in [0, 0.05) is 12.8 Å². The van der Waals surface area contributed by atoms with Crippen molar-refractivity contribution in [3.8, 4) is 0 Å². The van der Waals surface area contributed by atoms with Crippen LogP contribution in [0.4, 0.5) is 0 Å². The third-order valence-electron chi connectivity index (χ3n) is 14.2. The largest absolute Gasteiger partial charge is 0.465 e. The molecule has 2 unspecified atom stereocenters. The standard InChI is InChI=1S/C63H119NO5/c1-3-5-7-9-11-13-15-17-19-28-31-35-39-43-47-51-55-61(66)60(59-65)64-62(67)56-52-48-44-40-36-32-29-25-23-21-20-22-24-26-30-34-38-42-46-50-54-58-69-63(68)57-53-49-45-41-37-33-27-18-16-14-12-10-8-6-4-2/h34,38,46,50-51,55,60-61,65-66H,3-33,35-37,39-45,47-49,52-54,56-59H2,1-2H3,(H,64,67)/b38-34-,50-46-,55-51+. The zero-order valence-corrected chi connectivity index (χ0v) is 46.3. The van der Waals surface area contributed by atoms with Gasteiger partial charge in [-0.15, -0.1) is 0 Å². The second-order valence-corrected chi connectivity index (χ2v) is 21.0. The molecule has 406 valence electrons. The first-order valence-corrected chi connectivity index (χ1v) is 30.8. The number of nitrogens with one attached hydrogen (secondary N) is 1. The van der Waals surface area contributed by atoms with Crippen LogP contribution in [0, 0.1) is 0 Å². The Kier molecular flexibility index (Phi) is 57.0. The van der Waals surface area contributed by atoms with Gasteiger partial charge in [0.25, 0.3) is 0 Å². The second kappa shape index (κ2) is 58.6. The number of unbranched alkanes of at least 4 members (excludes halogenated alkanes) is 42. The number of aliphatic hydroxyl groups is 2. The molecule has 6 heteroatoms. The fraction of sp³-hybridized carbons (Fsp3) is 0.873. The van der Waals surface area contributed by atoms with Crippen LogP contribution in [0.25, 0.3) is 0 Å². The van der Waals surface area contributed by atoms with Gasteiger partial charge in [0.15, 0.2) is 0 Å². The highest BCUT2D eigenvalue weighted by Crippen LogP contribution is 2.17. The van der Waals surface area contributed by atoms with E-state index in [1.165, 1.54) is 250 Å². The van der Waals surface area contributed by atoms with Crippen molar-refractivity contribution in [3.05, 3.63) is 36.5 Å². The zero-order valence-electron chi connectivity index (χ0n) is 46.3. The van der Waals surface area contributed by atoms with Crippen LogP contribution in [0.5, 0.6) is 0 Å². The Morgan fingerprint density at radius 3 is 1.10 bits per heavy atom. The second-order valence-electron chi connectivity index (χ2n) is 21.0. The van der Waals surface area contributed by atoms with E-state index in [0.717, 1.165) is 51.4 Å². The molecule has 2 atom stereocenters. The van der Waals surface area contributed by atoms with E-state index in [0.29, 0.717) is 19.4 Å². The molecule has 0 aromatic heterocycles. The highest BCUT2D eigenvalue weighted by atomic mass is 16.5. The molecule has 0 aromatic carbocycles. The predicted molar refractivity (Wildman–Crippen MR) is 301 cm³/mol. The average Bonchev–Trinajstić information content (AvgIpc) is 3.35. The summed E-state index contributed by atoms with van der Waals surface area (Å²) in [6.07, 6.45) is 73.4. The van der Waals surface area contributed by atoms with Crippen molar-refractivity contribution in [3.63, 3.8) is 0 Å². The molecule has 0 radical (unpaired) electrons. The average molecular weight is 971 g/mol. The van der Waals surface area contributed by atoms with E-state index in [2.05, 4.69) is 43.5 Å². The number of aliphatic hydroxyl groups excluding tert-OH is 2. The van der Waals surface area contributed by atoms with Gasteiger partial charge in [-0.1, -0.05) is 301 Å². The molecule has 0 aliphatic rings. The maximum atomic E-state index is 12.5. The highest BCUT2D eigenvalue weighted by Gasteiger charge is 2.18. The Hall–Kier alpha value is -1.92. The van der Waals surface area contributed by atoms with Crippen LogP contribution in [0.2, 0.25) is 0 Å². The molecule has 69 heavy (non-hydrogen) atoms. The molecule has 0 spiro atoms. The van der Waals surface area contributed by atoms with Crippen molar-refractivity contribution in [1.82, 2.24) is 5.32 Å². The molecule has 0 saturated heterocycles. The van der Waals surface area contributed by atoms with Gasteiger partial charge in [0.2, 0.25) is 5.91 Å². The van der Waals surface area contributed by atoms with Crippen LogP contribution >= 0.6 is 0 Å². The van der Waals surface area contributed by atoms with Gasteiger partial charge in [-0.05, 0) is 51.4 Å². The molecule has 0 bridgehead atoms. The van der Waals surface area contributed by atoms with Crippen molar-refractivity contribution in [1.29, 1.82) is 0 Å². The van der Waals surface area contributed by atoms with E-state index >= 15 is 0 Å². The van der Waals surface area contributed by atoms with Crippen molar-refractivity contribution in [2.75, 3.05) is 13.2 Å². The summed E-state index contributed by atoms with van der Waals surface area (Å²) in [6, 6.07) is -0.632. The molecule has 0 rings (SSSR count). The minimum absolute atomic E-state index is 0.0329. The number of carbonyl (C=O) groups excluding carboxylic acids is 2. The molecular formula is C63H119NO5. The van der Waals surface area contributed by atoms with Crippen LogP contribution in [0.15, 0.2) is 36.5 Å². The predicted octanol–water partition coefficient (Wildman–Crippen LogP) is 19.2. The molecule has 0 aliphatic carbocycles. The number of allylic oxidation sites excluding steroid dienone is 4. The first-order valence-electron chi connectivity index (χ1n) is 30.8. The quantitative estimate of drug-likeness (QED) is 0.0321. The fourth-order valence-electron chi connectivity index (χ4n) is 9.47. The Balaban J connectivity index is 3.47. The van der Waals surface area contributed by atoms with Gasteiger partial charge in [-0.2, -0.15) is 0 Å². The molecule has 3 N–H and O–H groups in total. The number of esters is 1. The van der Waals surface area contributed by atoms with E-state index in [9.17, 15) is 19.8 Å². The van der Waals surface area contributed by atoms with Crippen LogP contribution in [-0.4, -0.2) is 47.4 Å². The van der Waals surface area contributed by atoms with Gasteiger partial charge in [-0.25, -0.2) is 0 Å². The van der Waals surface area contributed by atoms with E-state index in [1.54, 1.807) is 6.08 Å². The van der Waals surface area contributed by atoms with Gasteiger partial charge in [-0.3, -0.25) is 9.59 Å². The summed E-state index contributed by atoms with van der Waals surface area (Å²) in [6.45, 7) is 4.81. The van der Waals surface area contributed by atoms with Crippen LogP contribution in [0.1, 0.15) is 328 Å². The molecule has 0 saturated carbocycles. The number of carbonyl (C=O) groups is 2. The fourth-order valence-corrected chi connectivity index (χ4v) is 9.47. The van der Waals surface area contributed by atoms with Crippen LogP contribution in [-0.2, 0) is 14.3 Å². The minimum Gasteiger partial charge on any atom is -0.465 e. The normalized spacial score (nSPS) is 12.8. The summed E-state index contributed by atoms with van der Waals surface area (Å²) in [5.74, 6) is -0.104. The van der Waals surface area contributed by atoms with Gasteiger partial charge in [0.05, 0.1) is 25.4 Å². The van der Waals surface area contributed by atoms with E-state index in [4.69, 9.17) is 4.74 Å². The third-order valence-corrected chi connectivity index (χ3v) is 14.2. The zero-order chi connectivity index (χ0) is 50.0. The van der Waals surface area contributed by atoms with Crippen LogP contribution in [0.3, 0.4) is 0 Å². The highest BCUT2D eigenvalue weighted by molar-refractivity contribution is 5.76. The Labute approximate surface area is 430 Å². The van der Waals surface area contributed by atoms with Gasteiger partial charge in [0.1, 0.15) is 0 Å². The van der Waals surface area contributed by atoms with E-state index < -0.39 is 12.1 Å². The van der Waals surface area contributed by atoms with Gasteiger partial charge < -0.3 is 20.3 Å². The lowest BCUT2D eigenvalue weighted by Gasteiger charge is -2.20.